The van der Waals surface area contributed by atoms with Gasteiger partial charge in [-0.1, -0.05) is 0 Å². The highest BCUT2D eigenvalue weighted by atomic mass is 16.4. The van der Waals surface area contributed by atoms with Crippen molar-refractivity contribution in [2.45, 2.75) is 13.0 Å². The van der Waals surface area contributed by atoms with Crippen LogP contribution in [0.4, 0.5) is 4.79 Å². The Morgan fingerprint density at radius 2 is 2.21 bits per heavy atom. The largest absolute Gasteiger partial charge is 0.465 e. The molecule has 78 valence electrons. The van der Waals surface area contributed by atoms with E-state index in [1.165, 1.54) is 0 Å². The lowest BCUT2D eigenvalue weighted by atomic mass is 9.90. The molecule has 14 heavy (non-hydrogen) atoms. The van der Waals surface area contributed by atoms with Gasteiger partial charge in [0, 0.05) is 12.6 Å². The second-order valence-electron chi connectivity index (χ2n) is 3.03. The Bertz CT molecular complexity index is 268. The summed E-state index contributed by atoms with van der Waals surface area (Å²) in [4.78, 5) is 32.7. The zero-order chi connectivity index (χ0) is 10.7. The van der Waals surface area contributed by atoms with Crippen molar-refractivity contribution in [1.82, 2.24) is 15.8 Å². The van der Waals surface area contributed by atoms with Crippen LogP contribution in [0.2, 0.25) is 0 Å². The minimum Gasteiger partial charge on any atom is -0.465 e. The predicted octanol–water partition coefficient (Wildman–Crippen LogP) is -1.24. The number of carboxylic acid groups (broad SMARTS) is 1. The molecule has 2 atom stereocenters. The van der Waals surface area contributed by atoms with Crippen LogP contribution >= 0.6 is 0 Å². The average Bonchev–Trinajstić information content (AvgIpc) is 2.11. The van der Waals surface area contributed by atoms with E-state index in [-0.39, 0.29) is 18.5 Å². The van der Waals surface area contributed by atoms with Crippen LogP contribution in [-0.4, -0.2) is 41.0 Å². The molecular weight excluding hydrogens is 190 g/mol. The number of nitrogens with one attached hydrogen (secondary N) is 2. The maximum atomic E-state index is 11.2. The van der Waals surface area contributed by atoms with Crippen molar-refractivity contribution in [2.24, 2.45) is 5.92 Å². The van der Waals surface area contributed by atoms with Gasteiger partial charge in [-0.25, -0.2) is 4.79 Å². The Hall–Kier alpha value is -1.79. The van der Waals surface area contributed by atoms with E-state index in [1.807, 2.05) is 5.43 Å². The van der Waals surface area contributed by atoms with E-state index in [4.69, 9.17) is 5.11 Å². The summed E-state index contributed by atoms with van der Waals surface area (Å²) in [5.41, 5.74) is 4.16. The Kier molecular flexibility index (Phi) is 2.90. The normalized spacial score (nSPS) is 24.8. The standard InChI is InChI=1S/C7H11N3O4/c1-4-5(2-10(4)7(13)14)6(12)9-8-3-11/h3-5H,2H2,1H3,(H,8,11)(H,9,12)(H,13,14)/t4-,5+/m0/s1. The Morgan fingerprint density at radius 3 is 2.64 bits per heavy atom. The molecule has 0 saturated carbocycles. The molecule has 1 aliphatic rings. The molecule has 7 nitrogen and oxygen atoms in total. The van der Waals surface area contributed by atoms with Gasteiger partial charge in [-0.05, 0) is 6.92 Å². The summed E-state index contributed by atoms with van der Waals surface area (Å²) in [5.74, 6) is -0.763. The Balaban J connectivity index is 2.39. The summed E-state index contributed by atoms with van der Waals surface area (Å²) in [6, 6.07) is -0.346. The van der Waals surface area contributed by atoms with Crippen LogP contribution < -0.4 is 10.9 Å². The lowest BCUT2D eigenvalue weighted by molar-refractivity contribution is -0.134. The molecule has 0 aromatic heterocycles. The minimum absolute atomic E-state index is 0.170. The van der Waals surface area contributed by atoms with E-state index in [9.17, 15) is 14.4 Å². The van der Waals surface area contributed by atoms with E-state index in [1.54, 1.807) is 6.92 Å². The monoisotopic (exact) mass is 201 g/mol. The molecule has 7 heteroatoms. The fourth-order valence-electron chi connectivity index (χ4n) is 1.36. The number of hydrogen-bond donors (Lipinski definition) is 3. The SMILES string of the molecule is C[C@H]1[C@H](C(=O)NNC=O)CN1C(=O)O. The molecule has 1 fully saturated rings. The maximum Gasteiger partial charge on any atom is 0.407 e. The molecule has 0 aromatic rings. The summed E-state index contributed by atoms with van der Waals surface area (Å²) < 4.78 is 0. The van der Waals surface area contributed by atoms with Crippen LogP contribution in [0.1, 0.15) is 6.92 Å². The van der Waals surface area contributed by atoms with Crippen molar-refractivity contribution in [1.29, 1.82) is 0 Å². The fourth-order valence-corrected chi connectivity index (χ4v) is 1.36. The average molecular weight is 201 g/mol. The van der Waals surface area contributed by atoms with Crippen LogP contribution in [0.3, 0.4) is 0 Å². The summed E-state index contributed by atoms with van der Waals surface area (Å²) in [5, 5.41) is 8.60. The van der Waals surface area contributed by atoms with Gasteiger partial charge in [0.25, 0.3) is 0 Å². The molecule has 0 spiro atoms. The minimum atomic E-state index is -1.04. The molecule has 0 aromatic carbocycles. The van der Waals surface area contributed by atoms with Gasteiger partial charge in [0.05, 0.1) is 5.92 Å². The van der Waals surface area contributed by atoms with Crippen molar-refractivity contribution in [3.05, 3.63) is 0 Å². The Labute approximate surface area is 80.0 Å². The van der Waals surface area contributed by atoms with E-state index in [0.717, 1.165) is 4.90 Å². The summed E-state index contributed by atoms with van der Waals surface area (Å²) in [6.45, 7) is 1.81. The smallest absolute Gasteiger partial charge is 0.407 e. The molecule has 0 aliphatic carbocycles. The highest BCUT2D eigenvalue weighted by Crippen LogP contribution is 2.24. The van der Waals surface area contributed by atoms with Crippen LogP contribution in [0.15, 0.2) is 0 Å². The number of rotatable bonds is 3. The first-order valence-electron chi connectivity index (χ1n) is 4.06. The summed E-state index contributed by atoms with van der Waals surface area (Å²) in [6.07, 6.45) is -0.694. The van der Waals surface area contributed by atoms with Gasteiger partial charge in [0.1, 0.15) is 0 Å². The molecule has 1 rings (SSSR count). The van der Waals surface area contributed by atoms with Crippen molar-refractivity contribution in [3.8, 4) is 0 Å². The van der Waals surface area contributed by atoms with Crippen molar-refractivity contribution >= 4 is 18.4 Å². The first-order chi connectivity index (χ1) is 6.57. The molecule has 1 aliphatic heterocycles. The van der Waals surface area contributed by atoms with Gasteiger partial charge in [-0.3, -0.25) is 20.4 Å². The van der Waals surface area contributed by atoms with Crippen LogP contribution in [0.5, 0.6) is 0 Å². The first kappa shape index (κ1) is 10.3. The van der Waals surface area contributed by atoms with Gasteiger partial charge < -0.3 is 10.0 Å². The zero-order valence-corrected chi connectivity index (χ0v) is 7.56. The summed E-state index contributed by atoms with van der Waals surface area (Å²) >= 11 is 0. The molecule has 0 radical (unpaired) electrons. The summed E-state index contributed by atoms with van der Waals surface area (Å²) in [7, 11) is 0. The molecule has 3 N–H and O–H groups in total. The predicted molar refractivity (Wildman–Crippen MR) is 45.0 cm³/mol. The maximum absolute atomic E-state index is 11.2. The van der Waals surface area contributed by atoms with Crippen LogP contribution in [-0.2, 0) is 9.59 Å². The number of likely N-dealkylation sites (tertiary alicyclic amines) is 1. The Morgan fingerprint density at radius 1 is 1.57 bits per heavy atom. The molecule has 3 amide bonds. The third-order valence-corrected chi connectivity index (χ3v) is 2.30. The lowest BCUT2D eigenvalue weighted by Crippen LogP contribution is -2.62. The van der Waals surface area contributed by atoms with Crippen LogP contribution in [0.25, 0.3) is 0 Å². The lowest BCUT2D eigenvalue weighted by Gasteiger charge is -2.43. The van der Waals surface area contributed by atoms with Crippen molar-refractivity contribution in [3.63, 3.8) is 0 Å². The molecule has 1 heterocycles. The second kappa shape index (κ2) is 3.95. The number of hydrazine groups is 1. The fraction of sp³-hybridized carbons (Fsp3) is 0.571. The quantitative estimate of drug-likeness (QED) is 0.393. The zero-order valence-electron chi connectivity index (χ0n) is 7.56. The van der Waals surface area contributed by atoms with E-state index in [2.05, 4.69) is 5.43 Å². The third-order valence-electron chi connectivity index (χ3n) is 2.30. The first-order valence-corrected chi connectivity index (χ1v) is 4.06. The van der Waals surface area contributed by atoms with Gasteiger partial charge in [0.2, 0.25) is 12.3 Å². The second-order valence-corrected chi connectivity index (χ2v) is 3.03. The van der Waals surface area contributed by atoms with E-state index >= 15 is 0 Å². The molecule has 0 unspecified atom stereocenters. The van der Waals surface area contributed by atoms with Crippen molar-refractivity contribution < 1.29 is 19.5 Å². The highest BCUT2D eigenvalue weighted by molar-refractivity contribution is 5.83. The van der Waals surface area contributed by atoms with Gasteiger partial charge in [-0.2, -0.15) is 0 Å². The number of carbonyl (C=O) groups is 3. The van der Waals surface area contributed by atoms with Gasteiger partial charge >= 0.3 is 6.09 Å². The topological polar surface area (TPSA) is 98.7 Å². The van der Waals surface area contributed by atoms with Gasteiger partial charge in [0.15, 0.2) is 0 Å². The molecular formula is C7H11N3O4. The highest BCUT2D eigenvalue weighted by Gasteiger charge is 2.43. The van der Waals surface area contributed by atoms with Crippen LogP contribution in [0, 0.1) is 5.92 Å². The number of hydrogen-bond acceptors (Lipinski definition) is 3. The number of carbonyl (C=O) groups excluding carboxylic acids is 2. The molecule has 1 saturated heterocycles. The van der Waals surface area contributed by atoms with Gasteiger partial charge in [-0.15, -0.1) is 0 Å². The van der Waals surface area contributed by atoms with Crippen molar-refractivity contribution in [2.75, 3.05) is 6.54 Å². The third kappa shape index (κ3) is 1.76. The number of nitrogens with zero attached hydrogens (tertiary/aromatic N) is 1. The molecule has 0 bridgehead atoms. The van der Waals surface area contributed by atoms with E-state index in [0.29, 0.717) is 6.41 Å². The number of amides is 3. The van der Waals surface area contributed by atoms with E-state index < -0.39 is 12.0 Å².